The van der Waals surface area contributed by atoms with E-state index in [1.54, 1.807) is 0 Å². The summed E-state index contributed by atoms with van der Waals surface area (Å²) in [5, 5.41) is 0. The van der Waals surface area contributed by atoms with Gasteiger partial charge in [-0.3, -0.25) is 0 Å². The van der Waals surface area contributed by atoms with Gasteiger partial charge in [0, 0.05) is 22.4 Å². The van der Waals surface area contributed by atoms with Crippen molar-refractivity contribution in [2.75, 3.05) is 9.80 Å². The van der Waals surface area contributed by atoms with Gasteiger partial charge in [0.05, 0.1) is 22.7 Å². The molecule has 0 aromatic heterocycles. The van der Waals surface area contributed by atoms with Crippen LogP contribution in [0.4, 0.5) is 34.1 Å². The summed E-state index contributed by atoms with van der Waals surface area (Å²) in [7, 11) is 0. The van der Waals surface area contributed by atoms with E-state index in [1.807, 2.05) is 0 Å². The van der Waals surface area contributed by atoms with Crippen LogP contribution in [0.5, 0.6) is 11.5 Å². The van der Waals surface area contributed by atoms with Crippen LogP contribution in [0.2, 0.25) is 0 Å². The lowest BCUT2D eigenvalue weighted by Crippen LogP contribution is -2.34. The highest BCUT2D eigenvalue weighted by Gasteiger charge is 2.43. The summed E-state index contributed by atoms with van der Waals surface area (Å²) in [6.07, 6.45) is 0. The lowest BCUT2D eigenvalue weighted by Gasteiger charge is -2.46. The van der Waals surface area contributed by atoms with Gasteiger partial charge in [-0.2, -0.15) is 0 Å². The molecule has 2 heterocycles. The molecule has 2 aliphatic rings. The Bertz CT molecular complexity index is 2280. The fourth-order valence-corrected chi connectivity index (χ4v) is 7.53. The largest absolute Gasteiger partial charge is 0.453 e. The van der Waals surface area contributed by atoms with E-state index in [4.69, 9.17) is 4.74 Å². The SMILES string of the molecule is CC1(C)c2cccc3c2N(c2cc(-c4ccccc4)ccc2O3)c2cccc(N(c3ccccc3)c3ccc(-c4ccccc4)cc3)c21. The molecule has 2 aliphatic heterocycles. The van der Waals surface area contributed by atoms with Gasteiger partial charge in [-0.15, -0.1) is 0 Å². The zero-order valence-corrected chi connectivity index (χ0v) is 27.0. The van der Waals surface area contributed by atoms with Gasteiger partial charge < -0.3 is 14.5 Å². The lowest BCUT2D eigenvalue weighted by atomic mass is 9.72. The van der Waals surface area contributed by atoms with Crippen LogP contribution in [0.1, 0.15) is 25.0 Å². The summed E-state index contributed by atoms with van der Waals surface area (Å²) in [6.45, 7) is 4.69. The molecule has 9 rings (SSSR count). The minimum absolute atomic E-state index is 0.331. The summed E-state index contributed by atoms with van der Waals surface area (Å²) in [5.41, 5.74) is 13.6. The molecule has 0 unspecified atom stereocenters. The van der Waals surface area contributed by atoms with Crippen LogP contribution in [0.3, 0.4) is 0 Å². The minimum Gasteiger partial charge on any atom is -0.453 e. The van der Waals surface area contributed by atoms with Gasteiger partial charge in [0.15, 0.2) is 11.5 Å². The van der Waals surface area contributed by atoms with Crippen molar-refractivity contribution in [1.29, 1.82) is 0 Å². The second kappa shape index (κ2) is 11.0. The topological polar surface area (TPSA) is 15.7 Å². The first-order chi connectivity index (χ1) is 23.6. The van der Waals surface area contributed by atoms with E-state index in [-0.39, 0.29) is 5.41 Å². The molecule has 7 aromatic rings. The Morgan fingerprint density at radius 3 is 1.77 bits per heavy atom. The first kappa shape index (κ1) is 28.2. The van der Waals surface area contributed by atoms with Gasteiger partial charge in [-0.05, 0) is 82.4 Å². The van der Waals surface area contributed by atoms with Crippen molar-refractivity contribution in [2.45, 2.75) is 19.3 Å². The zero-order valence-electron chi connectivity index (χ0n) is 27.0. The second-order valence-corrected chi connectivity index (χ2v) is 13.0. The lowest BCUT2D eigenvalue weighted by molar-refractivity contribution is 0.471. The van der Waals surface area contributed by atoms with Crippen molar-refractivity contribution in [3.63, 3.8) is 0 Å². The van der Waals surface area contributed by atoms with Crippen molar-refractivity contribution < 1.29 is 4.74 Å². The Morgan fingerprint density at radius 2 is 1.06 bits per heavy atom. The van der Waals surface area contributed by atoms with Crippen molar-refractivity contribution in [2.24, 2.45) is 0 Å². The van der Waals surface area contributed by atoms with Gasteiger partial charge in [0.2, 0.25) is 0 Å². The van der Waals surface area contributed by atoms with E-state index in [0.29, 0.717) is 0 Å². The van der Waals surface area contributed by atoms with E-state index in [1.165, 1.54) is 27.8 Å². The third-order valence-corrected chi connectivity index (χ3v) is 9.80. The summed E-state index contributed by atoms with van der Waals surface area (Å²) >= 11 is 0. The summed E-state index contributed by atoms with van der Waals surface area (Å²) in [5.74, 6) is 1.74. The molecule has 230 valence electrons. The molecule has 0 saturated heterocycles. The molecule has 0 spiro atoms. The molecule has 0 saturated carbocycles. The van der Waals surface area contributed by atoms with Crippen LogP contribution >= 0.6 is 0 Å². The van der Waals surface area contributed by atoms with Crippen molar-refractivity contribution in [3.05, 3.63) is 181 Å². The number of hydrogen-bond acceptors (Lipinski definition) is 3. The number of anilines is 6. The molecule has 3 nitrogen and oxygen atoms in total. The highest BCUT2D eigenvalue weighted by Crippen LogP contribution is 2.62. The van der Waals surface area contributed by atoms with Crippen molar-refractivity contribution in [1.82, 2.24) is 0 Å². The van der Waals surface area contributed by atoms with E-state index in [2.05, 4.69) is 194 Å². The van der Waals surface area contributed by atoms with Gasteiger partial charge in [0.25, 0.3) is 0 Å². The van der Waals surface area contributed by atoms with Crippen LogP contribution < -0.4 is 14.5 Å². The van der Waals surface area contributed by atoms with Crippen molar-refractivity contribution in [3.8, 4) is 33.8 Å². The molecule has 48 heavy (non-hydrogen) atoms. The fraction of sp³-hybridized carbons (Fsp3) is 0.0667. The first-order valence-electron chi connectivity index (χ1n) is 16.5. The number of ether oxygens (including phenoxy) is 1. The maximum Gasteiger partial charge on any atom is 0.151 e. The normalized spacial score (nSPS) is 13.5. The third kappa shape index (κ3) is 4.43. The number of fused-ring (bicyclic) bond motifs is 4. The molecule has 0 aliphatic carbocycles. The van der Waals surface area contributed by atoms with E-state index in [9.17, 15) is 0 Å². The Balaban J connectivity index is 1.27. The van der Waals surface area contributed by atoms with Crippen LogP contribution in [-0.4, -0.2) is 0 Å². The molecule has 0 radical (unpaired) electrons. The Hall–Kier alpha value is -6.06. The monoisotopic (exact) mass is 618 g/mol. The second-order valence-electron chi connectivity index (χ2n) is 13.0. The third-order valence-electron chi connectivity index (χ3n) is 9.80. The number of para-hydroxylation sites is 2. The summed E-state index contributed by atoms with van der Waals surface area (Å²) in [6, 6.07) is 60.6. The predicted molar refractivity (Wildman–Crippen MR) is 199 cm³/mol. The van der Waals surface area contributed by atoms with E-state index >= 15 is 0 Å². The fourth-order valence-electron chi connectivity index (χ4n) is 7.53. The molecule has 0 bridgehead atoms. The van der Waals surface area contributed by atoms with E-state index < -0.39 is 0 Å². The molecule has 0 fully saturated rings. The molecule has 0 N–H and O–H groups in total. The standard InChI is InChI=1S/C45H34N2O/c1-45(2)37-20-12-23-42-44(37)47(40-30-34(26-29-41(40)48-42)32-16-8-4-9-17-32)39-22-13-21-38(43(39)45)46(35-18-10-5-11-19-35)36-27-24-33(25-28-36)31-14-6-3-7-15-31/h3-30H,1-2H3. The number of rotatable bonds is 5. The molecule has 0 atom stereocenters. The van der Waals surface area contributed by atoms with Gasteiger partial charge >= 0.3 is 0 Å². The highest BCUT2D eigenvalue weighted by atomic mass is 16.5. The Labute approximate surface area is 281 Å². The number of hydrogen-bond donors (Lipinski definition) is 0. The Kier molecular flexibility index (Phi) is 6.48. The smallest absolute Gasteiger partial charge is 0.151 e. The maximum absolute atomic E-state index is 6.64. The number of benzene rings is 7. The first-order valence-corrected chi connectivity index (χ1v) is 16.5. The molecule has 3 heteroatoms. The van der Waals surface area contributed by atoms with Crippen LogP contribution in [0.15, 0.2) is 170 Å². The zero-order chi connectivity index (χ0) is 32.2. The van der Waals surface area contributed by atoms with E-state index in [0.717, 1.165) is 51.2 Å². The van der Waals surface area contributed by atoms with Crippen LogP contribution in [0, 0.1) is 0 Å². The van der Waals surface area contributed by atoms with Gasteiger partial charge in [0.1, 0.15) is 0 Å². The highest BCUT2D eigenvalue weighted by molar-refractivity contribution is 5.97. The predicted octanol–water partition coefficient (Wildman–Crippen LogP) is 12.7. The van der Waals surface area contributed by atoms with Crippen molar-refractivity contribution >= 4 is 34.1 Å². The summed E-state index contributed by atoms with van der Waals surface area (Å²) in [4.78, 5) is 4.84. The van der Waals surface area contributed by atoms with Crippen LogP contribution in [0.25, 0.3) is 22.3 Å². The minimum atomic E-state index is -0.331. The Morgan fingerprint density at radius 1 is 0.479 bits per heavy atom. The van der Waals surface area contributed by atoms with Gasteiger partial charge in [-0.1, -0.05) is 129 Å². The number of nitrogens with zero attached hydrogens (tertiary/aromatic N) is 2. The average molecular weight is 619 g/mol. The molecule has 7 aromatic carbocycles. The summed E-state index contributed by atoms with van der Waals surface area (Å²) < 4.78 is 6.64. The van der Waals surface area contributed by atoms with Gasteiger partial charge in [-0.25, -0.2) is 0 Å². The average Bonchev–Trinajstić information content (AvgIpc) is 3.14. The quantitative estimate of drug-likeness (QED) is 0.191. The van der Waals surface area contributed by atoms with Crippen LogP contribution in [-0.2, 0) is 5.41 Å². The molecule has 0 amide bonds. The molecular formula is C45H34N2O. The maximum atomic E-state index is 6.64. The molecular weight excluding hydrogens is 585 g/mol.